The average Bonchev–Trinajstić information content (AvgIpc) is 2.78. The molecule has 4 rings (SSSR count). The van der Waals surface area contributed by atoms with E-state index in [1.54, 1.807) is 24.4 Å². The third-order valence-corrected chi connectivity index (χ3v) is 4.87. The number of anilines is 2. The molecule has 0 amide bonds. The van der Waals surface area contributed by atoms with Crippen LogP contribution in [0.25, 0.3) is 0 Å². The van der Waals surface area contributed by atoms with Gasteiger partial charge in [0.25, 0.3) is 5.69 Å². The number of aromatic nitrogens is 2. The number of nitrogens with zero attached hydrogens (tertiary/aromatic N) is 4. The molecule has 8 nitrogen and oxygen atoms in total. The van der Waals surface area contributed by atoms with Crippen molar-refractivity contribution in [3.8, 4) is 0 Å². The predicted molar refractivity (Wildman–Crippen MR) is 110 cm³/mol. The smallest absolute Gasteiger partial charge is 0.274 e. The van der Waals surface area contributed by atoms with Crippen molar-refractivity contribution in [2.24, 2.45) is 0 Å². The summed E-state index contributed by atoms with van der Waals surface area (Å²) >= 11 is 0. The van der Waals surface area contributed by atoms with E-state index in [1.807, 2.05) is 24.3 Å². The van der Waals surface area contributed by atoms with E-state index < -0.39 is 0 Å². The first-order valence-corrected chi connectivity index (χ1v) is 9.41. The van der Waals surface area contributed by atoms with Crippen LogP contribution in [0.2, 0.25) is 0 Å². The molecule has 8 heteroatoms. The Balaban J connectivity index is 1.53. The molecule has 1 saturated heterocycles. The molecule has 0 radical (unpaired) electrons. The van der Waals surface area contributed by atoms with Crippen molar-refractivity contribution in [1.82, 2.24) is 9.97 Å². The van der Waals surface area contributed by atoms with Crippen LogP contribution in [0.15, 0.2) is 66.9 Å². The normalized spacial score (nSPS) is 16.4. The van der Waals surface area contributed by atoms with Gasteiger partial charge in [-0.15, -0.1) is 0 Å². The fourth-order valence-corrected chi connectivity index (χ4v) is 3.44. The summed E-state index contributed by atoms with van der Waals surface area (Å²) in [7, 11) is 0. The first kappa shape index (κ1) is 18.8. The summed E-state index contributed by atoms with van der Waals surface area (Å²) in [6.45, 7) is 2.21. The first-order chi connectivity index (χ1) is 14.2. The summed E-state index contributed by atoms with van der Waals surface area (Å²) < 4.78 is 5.69. The molecule has 0 spiro atoms. The Kier molecular flexibility index (Phi) is 5.62. The Morgan fingerprint density at radius 1 is 1.14 bits per heavy atom. The minimum Gasteiger partial charge on any atom is -0.377 e. The zero-order chi connectivity index (χ0) is 20.1. The van der Waals surface area contributed by atoms with Crippen molar-refractivity contribution in [3.63, 3.8) is 0 Å². The predicted octanol–water partition coefficient (Wildman–Crippen LogP) is 3.57. The van der Waals surface area contributed by atoms with Crippen molar-refractivity contribution in [1.29, 1.82) is 0 Å². The third kappa shape index (κ3) is 4.33. The lowest BCUT2D eigenvalue weighted by Gasteiger charge is -2.36. The van der Waals surface area contributed by atoms with Gasteiger partial charge in [-0.2, -0.15) is 4.98 Å². The van der Waals surface area contributed by atoms with Gasteiger partial charge in [-0.25, -0.2) is 4.98 Å². The van der Waals surface area contributed by atoms with Gasteiger partial charge in [0.05, 0.1) is 24.2 Å². The number of nitro groups is 1. The van der Waals surface area contributed by atoms with Crippen LogP contribution in [-0.2, 0) is 11.3 Å². The lowest BCUT2D eigenvalue weighted by molar-refractivity contribution is -0.385. The summed E-state index contributed by atoms with van der Waals surface area (Å²) in [5.41, 5.74) is 1.83. The Morgan fingerprint density at radius 3 is 2.76 bits per heavy atom. The Labute approximate surface area is 168 Å². The number of ether oxygens (including phenoxy) is 1. The summed E-state index contributed by atoms with van der Waals surface area (Å²) in [6, 6.07) is 18.8. The molecule has 1 atom stereocenters. The second kappa shape index (κ2) is 8.66. The van der Waals surface area contributed by atoms with Gasteiger partial charge in [0.1, 0.15) is 5.82 Å². The van der Waals surface area contributed by atoms with Gasteiger partial charge < -0.3 is 15.0 Å². The fraction of sp³-hybridized carbons (Fsp3) is 0.238. The minimum atomic E-state index is -0.382. The van der Waals surface area contributed by atoms with Crippen molar-refractivity contribution in [2.45, 2.75) is 12.6 Å². The number of morpholine rings is 1. The number of rotatable bonds is 6. The maximum absolute atomic E-state index is 11.2. The van der Waals surface area contributed by atoms with Gasteiger partial charge in [-0.1, -0.05) is 48.5 Å². The Bertz CT molecular complexity index is 983. The average molecular weight is 391 g/mol. The van der Waals surface area contributed by atoms with E-state index in [1.165, 1.54) is 11.6 Å². The molecule has 1 aliphatic heterocycles. The number of benzene rings is 2. The van der Waals surface area contributed by atoms with Crippen LogP contribution in [0.4, 0.5) is 17.5 Å². The molecule has 2 aromatic carbocycles. The molecular weight excluding hydrogens is 370 g/mol. The summed E-state index contributed by atoms with van der Waals surface area (Å²) in [5, 5.41) is 14.3. The molecule has 2 heterocycles. The Morgan fingerprint density at radius 2 is 1.93 bits per heavy atom. The van der Waals surface area contributed by atoms with Crippen LogP contribution in [0.5, 0.6) is 0 Å². The lowest BCUT2D eigenvalue weighted by atomic mass is 10.1. The van der Waals surface area contributed by atoms with Gasteiger partial charge in [0, 0.05) is 30.9 Å². The molecule has 29 heavy (non-hydrogen) atoms. The van der Waals surface area contributed by atoms with E-state index in [2.05, 4.69) is 32.3 Å². The van der Waals surface area contributed by atoms with Gasteiger partial charge in [-0.3, -0.25) is 10.1 Å². The van der Waals surface area contributed by atoms with E-state index in [0.717, 1.165) is 12.4 Å². The maximum Gasteiger partial charge on any atom is 0.274 e. The van der Waals surface area contributed by atoms with Gasteiger partial charge in [0.15, 0.2) is 0 Å². The van der Waals surface area contributed by atoms with E-state index in [-0.39, 0.29) is 23.2 Å². The fourth-order valence-electron chi connectivity index (χ4n) is 3.44. The maximum atomic E-state index is 11.2. The van der Waals surface area contributed by atoms with E-state index in [9.17, 15) is 10.1 Å². The zero-order valence-corrected chi connectivity index (χ0v) is 15.8. The van der Waals surface area contributed by atoms with Crippen LogP contribution in [-0.4, -0.2) is 34.6 Å². The highest BCUT2D eigenvalue weighted by Gasteiger charge is 2.26. The molecule has 1 N–H and O–H groups in total. The number of hydrogen-bond acceptors (Lipinski definition) is 7. The number of hydrogen-bond donors (Lipinski definition) is 1. The largest absolute Gasteiger partial charge is 0.377 e. The highest BCUT2D eigenvalue weighted by molar-refractivity contribution is 5.47. The van der Waals surface area contributed by atoms with Crippen LogP contribution in [0, 0.1) is 10.1 Å². The van der Waals surface area contributed by atoms with Crippen molar-refractivity contribution in [2.75, 3.05) is 30.0 Å². The zero-order valence-electron chi connectivity index (χ0n) is 15.8. The molecule has 3 aromatic rings. The summed E-state index contributed by atoms with van der Waals surface area (Å²) in [4.78, 5) is 21.9. The van der Waals surface area contributed by atoms with Gasteiger partial charge in [0.2, 0.25) is 5.95 Å². The standard InChI is InChI=1S/C21H21N5O3/c27-26(28)18-9-5-4-8-17(18)14-23-21-22-11-10-20(24-21)25-12-13-29-15-19(25)16-6-2-1-3-7-16/h1-11,19H,12-15H2,(H,22,23,24)/t19-/m1/s1. The quantitative estimate of drug-likeness (QED) is 0.507. The van der Waals surface area contributed by atoms with E-state index in [0.29, 0.717) is 24.7 Å². The summed E-state index contributed by atoms with van der Waals surface area (Å²) in [6.07, 6.45) is 1.70. The van der Waals surface area contributed by atoms with Crippen molar-refractivity contribution < 1.29 is 9.66 Å². The highest BCUT2D eigenvalue weighted by Crippen LogP contribution is 2.29. The van der Waals surface area contributed by atoms with Crippen molar-refractivity contribution in [3.05, 3.63) is 88.1 Å². The molecule has 0 aliphatic carbocycles. The van der Waals surface area contributed by atoms with Crippen LogP contribution >= 0.6 is 0 Å². The van der Waals surface area contributed by atoms with Gasteiger partial charge in [-0.05, 0) is 11.6 Å². The second-order valence-corrected chi connectivity index (χ2v) is 6.67. The molecule has 0 saturated carbocycles. The highest BCUT2D eigenvalue weighted by atomic mass is 16.6. The second-order valence-electron chi connectivity index (χ2n) is 6.67. The van der Waals surface area contributed by atoms with E-state index in [4.69, 9.17) is 4.74 Å². The molecule has 1 aromatic heterocycles. The Hall–Kier alpha value is -3.52. The third-order valence-electron chi connectivity index (χ3n) is 4.87. The monoisotopic (exact) mass is 391 g/mol. The lowest BCUT2D eigenvalue weighted by Crippen LogP contribution is -2.40. The first-order valence-electron chi connectivity index (χ1n) is 9.41. The SMILES string of the molecule is O=[N+]([O-])c1ccccc1CNc1nccc(N2CCOC[C@@H]2c2ccccc2)n1. The summed E-state index contributed by atoms with van der Waals surface area (Å²) in [5.74, 6) is 1.22. The van der Waals surface area contributed by atoms with Crippen LogP contribution < -0.4 is 10.2 Å². The molecule has 0 bridgehead atoms. The molecule has 1 aliphatic rings. The van der Waals surface area contributed by atoms with Gasteiger partial charge >= 0.3 is 0 Å². The molecule has 1 fully saturated rings. The van der Waals surface area contributed by atoms with Crippen LogP contribution in [0.3, 0.4) is 0 Å². The molecule has 0 unspecified atom stereocenters. The molecular formula is C21H21N5O3. The van der Waals surface area contributed by atoms with E-state index >= 15 is 0 Å². The van der Waals surface area contributed by atoms with Crippen molar-refractivity contribution >= 4 is 17.5 Å². The number of nitro benzene ring substituents is 1. The van der Waals surface area contributed by atoms with Crippen LogP contribution in [0.1, 0.15) is 17.2 Å². The number of nitrogens with one attached hydrogen (secondary N) is 1. The number of para-hydroxylation sites is 1. The minimum absolute atomic E-state index is 0.0721. The topological polar surface area (TPSA) is 93.4 Å². The molecule has 148 valence electrons.